The van der Waals surface area contributed by atoms with Crippen molar-refractivity contribution in [3.63, 3.8) is 0 Å². The number of carbonyl (C=O) groups is 1. The number of aliphatic hydroxyl groups is 1. The second-order valence-electron chi connectivity index (χ2n) is 9.31. The lowest BCUT2D eigenvalue weighted by atomic mass is 9.62. The number of fused-ring (bicyclic) bond motifs is 1. The lowest BCUT2D eigenvalue weighted by Crippen LogP contribution is -2.34. The van der Waals surface area contributed by atoms with Gasteiger partial charge in [-0.05, 0) is 64.3 Å². The van der Waals surface area contributed by atoms with Crippen LogP contribution in [0.5, 0.6) is 0 Å². The van der Waals surface area contributed by atoms with Crippen LogP contribution in [0.1, 0.15) is 74.5 Å². The molecule has 0 saturated heterocycles. The fourth-order valence-corrected chi connectivity index (χ4v) is 4.05. The van der Waals surface area contributed by atoms with E-state index in [1.807, 2.05) is 37.3 Å². The fourth-order valence-electron chi connectivity index (χ4n) is 4.05. The molecule has 0 fully saturated rings. The molecule has 0 radical (unpaired) electrons. The van der Waals surface area contributed by atoms with Crippen molar-refractivity contribution in [1.29, 1.82) is 0 Å². The summed E-state index contributed by atoms with van der Waals surface area (Å²) in [6.45, 7) is 11.1. The van der Waals surface area contributed by atoms with Crippen molar-refractivity contribution < 1.29 is 14.6 Å². The molecule has 29 heavy (non-hydrogen) atoms. The number of esters is 1. The normalized spacial score (nSPS) is 17.4. The lowest BCUT2D eigenvalue weighted by Gasteiger charge is -2.42. The first-order valence-corrected chi connectivity index (χ1v) is 10.2. The quantitative estimate of drug-likeness (QED) is 0.584. The Hall–Kier alpha value is -2.57. The molecule has 0 saturated carbocycles. The maximum atomic E-state index is 11.9. The SMILES string of the molecule is Cc1cc2c(cc1C(O)C#COC(=O)Cc1ccccc1)C(C)(C)CCC2(C)C. The summed E-state index contributed by atoms with van der Waals surface area (Å²) in [4.78, 5) is 11.9. The highest BCUT2D eigenvalue weighted by atomic mass is 16.5. The second-order valence-corrected chi connectivity index (χ2v) is 9.31. The van der Waals surface area contributed by atoms with Gasteiger partial charge < -0.3 is 9.84 Å². The average Bonchev–Trinajstić information content (AvgIpc) is 2.66. The Balaban J connectivity index is 1.78. The predicted octanol–water partition coefficient (Wildman–Crippen LogP) is 5.12. The standard InChI is InChI=1S/C26H30O3/c1-18-15-21-22(26(4,5)13-12-25(21,2)3)17-20(18)23(27)11-14-29-24(28)16-19-9-7-6-8-10-19/h6-10,15,17,23,27H,12-13,16H2,1-5H3. The summed E-state index contributed by atoms with van der Waals surface area (Å²) >= 11 is 0. The summed E-state index contributed by atoms with van der Waals surface area (Å²) in [5.41, 5.74) is 5.46. The molecule has 2 aromatic rings. The van der Waals surface area contributed by atoms with Crippen molar-refractivity contribution in [3.05, 3.63) is 70.3 Å². The maximum absolute atomic E-state index is 11.9. The van der Waals surface area contributed by atoms with E-state index in [0.29, 0.717) is 0 Å². The second kappa shape index (κ2) is 8.05. The molecule has 1 aliphatic rings. The van der Waals surface area contributed by atoms with E-state index in [1.54, 1.807) is 0 Å². The molecule has 0 aromatic heterocycles. The van der Waals surface area contributed by atoms with Crippen LogP contribution < -0.4 is 0 Å². The van der Waals surface area contributed by atoms with Crippen LogP contribution in [0.2, 0.25) is 0 Å². The molecule has 1 unspecified atom stereocenters. The highest BCUT2D eigenvalue weighted by molar-refractivity contribution is 5.73. The highest BCUT2D eigenvalue weighted by Gasteiger charge is 2.37. The van der Waals surface area contributed by atoms with Gasteiger partial charge in [-0.1, -0.05) is 70.2 Å². The van der Waals surface area contributed by atoms with E-state index in [-0.39, 0.29) is 17.3 Å². The van der Waals surface area contributed by atoms with E-state index < -0.39 is 12.1 Å². The Labute approximate surface area is 174 Å². The van der Waals surface area contributed by atoms with Crippen molar-refractivity contribution in [3.8, 4) is 12.0 Å². The van der Waals surface area contributed by atoms with Gasteiger partial charge in [0.1, 0.15) is 12.2 Å². The molecule has 0 heterocycles. The van der Waals surface area contributed by atoms with Crippen molar-refractivity contribution in [2.75, 3.05) is 0 Å². The third-order valence-corrected chi connectivity index (χ3v) is 6.09. The van der Waals surface area contributed by atoms with E-state index in [4.69, 9.17) is 4.74 Å². The number of benzene rings is 2. The van der Waals surface area contributed by atoms with Crippen LogP contribution >= 0.6 is 0 Å². The van der Waals surface area contributed by atoms with Gasteiger partial charge in [-0.3, -0.25) is 4.79 Å². The van der Waals surface area contributed by atoms with Gasteiger partial charge in [0.15, 0.2) is 0 Å². The molecular weight excluding hydrogens is 360 g/mol. The van der Waals surface area contributed by atoms with Crippen molar-refractivity contribution >= 4 is 5.97 Å². The Morgan fingerprint density at radius 1 is 1.07 bits per heavy atom. The molecule has 0 spiro atoms. The molecule has 2 aromatic carbocycles. The minimum Gasteiger partial charge on any atom is -0.376 e. The largest absolute Gasteiger partial charge is 0.376 e. The first kappa shape index (κ1) is 21.1. The summed E-state index contributed by atoms with van der Waals surface area (Å²) < 4.78 is 5.00. The molecule has 1 aliphatic carbocycles. The van der Waals surface area contributed by atoms with Crippen LogP contribution in [-0.2, 0) is 26.8 Å². The smallest absolute Gasteiger partial charge is 0.324 e. The zero-order valence-corrected chi connectivity index (χ0v) is 18.0. The highest BCUT2D eigenvalue weighted by Crippen LogP contribution is 2.47. The average molecular weight is 391 g/mol. The summed E-state index contributed by atoms with van der Waals surface area (Å²) in [6.07, 6.45) is 3.81. The molecule has 1 atom stereocenters. The number of carbonyl (C=O) groups excluding carboxylic acids is 1. The Kier molecular flexibility index (Phi) is 5.87. The zero-order valence-electron chi connectivity index (χ0n) is 18.0. The summed E-state index contributed by atoms with van der Waals surface area (Å²) in [7, 11) is 0. The van der Waals surface area contributed by atoms with E-state index >= 15 is 0 Å². The van der Waals surface area contributed by atoms with Crippen LogP contribution in [0.15, 0.2) is 42.5 Å². The van der Waals surface area contributed by atoms with E-state index in [0.717, 1.165) is 29.5 Å². The van der Waals surface area contributed by atoms with Gasteiger partial charge in [0, 0.05) is 0 Å². The van der Waals surface area contributed by atoms with Gasteiger partial charge in [-0.2, -0.15) is 0 Å². The molecule has 0 bridgehead atoms. The van der Waals surface area contributed by atoms with Crippen molar-refractivity contribution in [2.45, 2.75) is 70.8 Å². The monoisotopic (exact) mass is 390 g/mol. The van der Waals surface area contributed by atoms with Crippen LogP contribution in [0.25, 0.3) is 0 Å². The first-order chi connectivity index (χ1) is 13.6. The van der Waals surface area contributed by atoms with Gasteiger partial charge in [0.05, 0.1) is 6.42 Å². The molecule has 3 heteroatoms. The molecule has 0 aliphatic heterocycles. The summed E-state index contributed by atoms with van der Waals surface area (Å²) in [5, 5.41) is 10.6. The fraction of sp³-hybridized carbons (Fsp3) is 0.423. The maximum Gasteiger partial charge on any atom is 0.324 e. The predicted molar refractivity (Wildman–Crippen MR) is 115 cm³/mol. The van der Waals surface area contributed by atoms with Crippen LogP contribution in [0.3, 0.4) is 0 Å². The minimum absolute atomic E-state index is 0.0581. The van der Waals surface area contributed by atoms with Crippen LogP contribution in [0.4, 0.5) is 0 Å². The van der Waals surface area contributed by atoms with E-state index in [9.17, 15) is 9.90 Å². The molecule has 152 valence electrons. The summed E-state index contributed by atoms with van der Waals surface area (Å²) in [5.74, 6) is 2.24. The van der Waals surface area contributed by atoms with Crippen LogP contribution in [0, 0.1) is 19.0 Å². The van der Waals surface area contributed by atoms with Gasteiger partial charge in [0.25, 0.3) is 0 Å². The number of hydrogen-bond acceptors (Lipinski definition) is 3. The van der Waals surface area contributed by atoms with Crippen LogP contribution in [-0.4, -0.2) is 11.1 Å². The molecular formula is C26H30O3. The Morgan fingerprint density at radius 3 is 2.28 bits per heavy atom. The van der Waals surface area contributed by atoms with Crippen molar-refractivity contribution in [1.82, 2.24) is 0 Å². The molecule has 3 nitrogen and oxygen atoms in total. The third-order valence-electron chi connectivity index (χ3n) is 6.09. The lowest BCUT2D eigenvalue weighted by molar-refractivity contribution is -0.136. The van der Waals surface area contributed by atoms with E-state index in [2.05, 4.69) is 51.9 Å². The van der Waals surface area contributed by atoms with E-state index in [1.165, 1.54) is 11.1 Å². The molecule has 1 N–H and O–H groups in total. The number of hydrogen-bond donors (Lipinski definition) is 1. The third kappa shape index (κ3) is 4.71. The van der Waals surface area contributed by atoms with Gasteiger partial charge in [-0.15, -0.1) is 0 Å². The topological polar surface area (TPSA) is 46.5 Å². The Morgan fingerprint density at radius 2 is 1.66 bits per heavy atom. The number of aryl methyl sites for hydroxylation is 1. The first-order valence-electron chi connectivity index (χ1n) is 10.2. The number of aliphatic hydroxyl groups excluding tert-OH is 1. The number of rotatable bonds is 3. The number of ether oxygens (including phenoxy) is 1. The van der Waals surface area contributed by atoms with Gasteiger partial charge >= 0.3 is 5.97 Å². The minimum atomic E-state index is -0.995. The Bertz CT molecular complexity index is 959. The van der Waals surface area contributed by atoms with Crippen molar-refractivity contribution in [2.24, 2.45) is 0 Å². The molecule has 3 rings (SSSR count). The van der Waals surface area contributed by atoms with Gasteiger partial charge in [-0.25, -0.2) is 0 Å². The summed E-state index contributed by atoms with van der Waals surface area (Å²) in [6, 6.07) is 13.7. The zero-order chi connectivity index (χ0) is 21.2. The van der Waals surface area contributed by atoms with Gasteiger partial charge in [0.2, 0.25) is 0 Å². The molecule has 0 amide bonds.